The molecular weight excluding hydrogens is 210 g/mol. The molecule has 1 rings (SSSR count). The maximum Gasteiger partial charge on any atom is 0.305 e. The molecule has 4 N–H and O–H groups in total. The van der Waals surface area contributed by atoms with Crippen LogP contribution >= 0.6 is 0 Å². The number of carbonyl (C=O) groups is 2. The standard InChI is InChI=1S/C10H15N3O3/c11-8(6-7-2-1-4-12-7)10(16)13-5-3-9(14)15/h2,4,8H,1,3,5-6,11H2,(H,13,16)(H,14,15). The minimum atomic E-state index is -0.947. The number of carboxylic acids is 1. The van der Waals surface area contributed by atoms with Crippen molar-refractivity contribution in [1.82, 2.24) is 5.32 Å². The van der Waals surface area contributed by atoms with Crippen LogP contribution in [-0.2, 0) is 9.59 Å². The number of hydrogen-bond donors (Lipinski definition) is 3. The second kappa shape index (κ2) is 6.02. The highest BCUT2D eigenvalue weighted by Gasteiger charge is 2.15. The number of nitrogens with zero attached hydrogens (tertiary/aromatic N) is 1. The van der Waals surface area contributed by atoms with Gasteiger partial charge >= 0.3 is 5.97 Å². The van der Waals surface area contributed by atoms with Crippen molar-refractivity contribution in [3.63, 3.8) is 0 Å². The molecule has 0 aliphatic carbocycles. The van der Waals surface area contributed by atoms with Crippen LogP contribution in [0.4, 0.5) is 0 Å². The predicted octanol–water partition coefficient (Wildman–Crippen LogP) is -0.347. The van der Waals surface area contributed by atoms with Crippen molar-refractivity contribution < 1.29 is 14.7 Å². The highest BCUT2D eigenvalue weighted by atomic mass is 16.4. The molecule has 6 nitrogen and oxygen atoms in total. The van der Waals surface area contributed by atoms with Gasteiger partial charge in [0.25, 0.3) is 0 Å². The fourth-order valence-corrected chi connectivity index (χ4v) is 1.29. The van der Waals surface area contributed by atoms with Crippen LogP contribution in [0.3, 0.4) is 0 Å². The van der Waals surface area contributed by atoms with E-state index in [4.69, 9.17) is 10.8 Å². The highest BCUT2D eigenvalue weighted by Crippen LogP contribution is 2.11. The molecular formula is C10H15N3O3. The molecule has 6 heteroatoms. The van der Waals surface area contributed by atoms with E-state index in [0.717, 1.165) is 12.1 Å². The summed E-state index contributed by atoms with van der Waals surface area (Å²) in [6, 6.07) is -0.671. The molecule has 1 amide bonds. The van der Waals surface area contributed by atoms with Crippen LogP contribution in [0.15, 0.2) is 16.8 Å². The Bertz CT molecular complexity index is 336. The maximum absolute atomic E-state index is 11.4. The maximum atomic E-state index is 11.4. The molecule has 0 aromatic rings. The molecule has 16 heavy (non-hydrogen) atoms. The summed E-state index contributed by atoms with van der Waals surface area (Å²) in [7, 11) is 0. The van der Waals surface area contributed by atoms with E-state index in [1.54, 1.807) is 6.21 Å². The van der Waals surface area contributed by atoms with Gasteiger partial charge in [-0.15, -0.1) is 0 Å². The molecule has 1 aliphatic rings. The minimum Gasteiger partial charge on any atom is -0.481 e. The van der Waals surface area contributed by atoms with Crippen molar-refractivity contribution in [2.24, 2.45) is 10.7 Å². The summed E-state index contributed by atoms with van der Waals surface area (Å²) in [5.41, 5.74) is 6.45. The molecule has 88 valence electrons. The van der Waals surface area contributed by atoms with E-state index >= 15 is 0 Å². The average Bonchev–Trinajstić information content (AvgIpc) is 2.69. The summed E-state index contributed by atoms with van der Waals surface area (Å²) in [6.45, 7) is 0.101. The van der Waals surface area contributed by atoms with Crippen LogP contribution in [0.25, 0.3) is 0 Å². The number of nitrogens with one attached hydrogen (secondary N) is 1. The van der Waals surface area contributed by atoms with E-state index in [0.29, 0.717) is 6.42 Å². The summed E-state index contributed by atoms with van der Waals surface area (Å²) in [5.74, 6) is -1.29. The Labute approximate surface area is 93.2 Å². The number of allylic oxidation sites excluding steroid dienone is 1. The fourth-order valence-electron chi connectivity index (χ4n) is 1.29. The van der Waals surface area contributed by atoms with Crippen LogP contribution in [0.2, 0.25) is 0 Å². The molecule has 0 fully saturated rings. The Balaban J connectivity index is 2.25. The van der Waals surface area contributed by atoms with Gasteiger partial charge in [-0.05, 0) is 0 Å². The summed E-state index contributed by atoms with van der Waals surface area (Å²) in [5, 5.41) is 10.8. The van der Waals surface area contributed by atoms with E-state index in [9.17, 15) is 9.59 Å². The third-order valence-electron chi connectivity index (χ3n) is 2.12. The number of aliphatic carboxylic acids is 1. The second-order valence-corrected chi connectivity index (χ2v) is 3.49. The lowest BCUT2D eigenvalue weighted by Crippen LogP contribution is -2.41. The van der Waals surface area contributed by atoms with E-state index in [2.05, 4.69) is 10.3 Å². The fraction of sp³-hybridized carbons (Fsp3) is 0.500. The van der Waals surface area contributed by atoms with Crippen molar-refractivity contribution >= 4 is 18.1 Å². The van der Waals surface area contributed by atoms with Gasteiger partial charge in [-0.2, -0.15) is 0 Å². The third kappa shape index (κ3) is 4.22. The number of carboxylic acid groups (broad SMARTS) is 1. The van der Waals surface area contributed by atoms with Crippen LogP contribution < -0.4 is 11.1 Å². The van der Waals surface area contributed by atoms with Gasteiger partial charge in [0, 0.05) is 31.3 Å². The molecule has 1 unspecified atom stereocenters. The molecule has 0 saturated carbocycles. The molecule has 0 bridgehead atoms. The summed E-state index contributed by atoms with van der Waals surface area (Å²) in [6.07, 6.45) is 4.73. The average molecular weight is 225 g/mol. The lowest BCUT2D eigenvalue weighted by molar-refractivity contribution is -0.136. The topological polar surface area (TPSA) is 105 Å². The van der Waals surface area contributed by atoms with Crippen LogP contribution in [0, 0.1) is 0 Å². The first-order valence-electron chi connectivity index (χ1n) is 5.06. The number of carbonyl (C=O) groups excluding carboxylic acids is 1. The van der Waals surface area contributed by atoms with Gasteiger partial charge in [0.1, 0.15) is 0 Å². The lowest BCUT2D eigenvalue weighted by atomic mass is 10.1. The first-order valence-corrected chi connectivity index (χ1v) is 5.06. The zero-order valence-corrected chi connectivity index (χ0v) is 8.85. The Hall–Kier alpha value is -1.69. The quantitative estimate of drug-likeness (QED) is 0.574. The van der Waals surface area contributed by atoms with Crippen molar-refractivity contribution in [2.75, 3.05) is 6.54 Å². The first-order chi connectivity index (χ1) is 7.59. The van der Waals surface area contributed by atoms with Gasteiger partial charge in [-0.1, -0.05) is 6.08 Å². The van der Waals surface area contributed by atoms with Crippen LogP contribution in [0.5, 0.6) is 0 Å². The van der Waals surface area contributed by atoms with Gasteiger partial charge in [0.2, 0.25) is 5.91 Å². The number of rotatable bonds is 6. The van der Waals surface area contributed by atoms with Crippen molar-refractivity contribution in [3.8, 4) is 0 Å². The second-order valence-electron chi connectivity index (χ2n) is 3.49. The Morgan fingerprint density at radius 3 is 2.94 bits per heavy atom. The Morgan fingerprint density at radius 2 is 2.38 bits per heavy atom. The summed E-state index contributed by atoms with van der Waals surface area (Å²) >= 11 is 0. The molecule has 0 aromatic heterocycles. The normalized spacial score (nSPS) is 15.7. The number of amides is 1. The summed E-state index contributed by atoms with van der Waals surface area (Å²) in [4.78, 5) is 25.7. The molecule has 1 aliphatic heterocycles. The zero-order valence-electron chi connectivity index (χ0n) is 8.85. The van der Waals surface area contributed by atoms with Crippen molar-refractivity contribution in [2.45, 2.75) is 25.3 Å². The van der Waals surface area contributed by atoms with E-state index < -0.39 is 12.0 Å². The van der Waals surface area contributed by atoms with Gasteiger partial charge < -0.3 is 16.2 Å². The van der Waals surface area contributed by atoms with Crippen molar-refractivity contribution in [3.05, 3.63) is 11.8 Å². The number of aliphatic imine (C=N–C) groups is 1. The Morgan fingerprint density at radius 1 is 1.62 bits per heavy atom. The van der Waals surface area contributed by atoms with Gasteiger partial charge in [-0.3, -0.25) is 14.6 Å². The van der Waals surface area contributed by atoms with E-state index in [1.165, 1.54) is 0 Å². The van der Waals surface area contributed by atoms with E-state index in [1.807, 2.05) is 6.08 Å². The predicted molar refractivity (Wildman–Crippen MR) is 59.0 cm³/mol. The van der Waals surface area contributed by atoms with Gasteiger partial charge in [0.05, 0.1) is 12.5 Å². The smallest absolute Gasteiger partial charge is 0.305 e. The monoisotopic (exact) mass is 225 g/mol. The number of hydrogen-bond acceptors (Lipinski definition) is 4. The third-order valence-corrected chi connectivity index (χ3v) is 2.12. The van der Waals surface area contributed by atoms with Crippen LogP contribution in [-0.4, -0.2) is 35.8 Å². The molecule has 1 atom stereocenters. The minimum absolute atomic E-state index is 0.0979. The SMILES string of the molecule is NC(CC1=CCC=N1)C(=O)NCCC(=O)O. The Kier molecular flexibility index (Phi) is 4.65. The van der Waals surface area contributed by atoms with Gasteiger partial charge in [0.15, 0.2) is 0 Å². The van der Waals surface area contributed by atoms with E-state index in [-0.39, 0.29) is 18.9 Å². The molecule has 0 saturated heterocycles. The van der Waals surface area contributed by atoms with Crippen molar-refractivity contribution in [1.29, 1.82) is 0 Å². The zero-order chi connectivity index (χ0) is 12.0. The largest absolute Gasteiger partial charge is 0.481 e. The molecule has 0 aromatic carbocycles. The lowest BCUT2D eigenvalue weighted by Gasteiger charge is -2.10. The summed E-state index contributed by atoms with van der Waals surface area (Å²) < 4.78 is 0. The number of nitrogens with two attached hydrogens (primary N) is 1. The highest BCUT2D eigenvalue weighted by molar-refractivity contribution is 5.82. The molecule has 0 spiro atoms. The van der Waals surface area contributed by atoms with Gasteiger partial charge in [-0.25, -0.2) is 0 Å². The molecule has 1 heterocycles. The molecule has 0 radical (unpaired) electrons. The first kappa shape index (κ1) is 12.4. The van der Waals surface area contributed by atoms with Crippen LogP contribution in [0.1, 0.15) is 19.3 Å².